The maximum atomic E-state index is 12.8. The van der Waals surface area contributed by atoms with Gasteiger partial charge in [0.25, 0.3) is 5.91 Å². The largest absolute Gasteiger partial charge is 0.409 e. The molecule has 0 fully saturated rings. The summed E-state index contributed by atoms with van der Waals surface area (Å²) in [6, 6.07) is 11.6. The Labute approximate surface area is 183 Å². The van der Waals surface area contributed by atoms with E-state index in [1.54, 1.807) is 31.3 Å². The van der Waals surface area contributed by atoms with Gasteiger partial charge in [-0.3, -0.25) is 14.4 Å². The molecule has 4 N–H and O–H groups in total. The van der Waals surface area contributed by atoms with Gasteiger partial charge in [-0.15, -0.1) is 0 Å². The third kappa shape index (κ3) is 4.15. The zero-order chi connectivity index (χ0) is 22.8. The van der Waals surface area contributed by atoms with Crippen LogP contribution in [0.15, 0.2) is 47.6 Å². The predicted octanol–water partition coefficient (Wildman–Crippen LogP) is 1.86. The van der Waals surface area contributed by atoms with E-state index in [-0.39, 0.29) is 36.3 Å². The van der Waals surface area contributed by atoms with E-state index in [0.29, 0.717) is 16.8 Å². The number of oxime groups is 1. The molecule has 0 saturated heterocycles. The summed E-state index contributed by atoms with van der Waals surface area (Å²) in [5.41, 5.74) is 3.13. The molecule has 0 radical (unpaired) electrons. The number of benzene rings is 2. The minimum Gasteiger partial charge on any atom is -0.409 e. The number of amidine groups is 1. The molecule has 2 aromatic carbocycles. The van der Waals surface area contributed by atoms with Gasteiger partial charge in [-0.2, -0.15) is 0 Å². The lowest BCUT2D eigenvalue weighted by molar-refractivity contribution is -0.132. The van der Waals surface area contributed by atoms with Crippen molar-refractivity contribution in [1.29, 1.82) is 0 Å². The lowest BCUT2D eigenvalue weighted by atomic mass is 10.1. The van der Waals surface area contributed by atoms with Crippen LogP contribution in [-0.4, -0.2) is 56.6 Å². The number of rotatable bonds is 4. The highest BCUT2D eigenvalue weighted by atomic mass is 16.4. The maximum Gasteiger partial charge on any atom is 0.257 e. The fraction of sp³-hybridized carbons (Fsp3) is 0.227. The summed E-state index contributed by atoms with van der Waals surface area (Å²) in [6.07, 6.45) is 0.0820. The highest BCUT2D eigenvalue weighted by Gasteiger charge is 2.28. The van der Waals surface area contributed by atoms with Crippen molar-refractivity contribution in [2.75, 3.05) is 12.4 Å². The number of Topliss-reactive ketones (excluding diaryl/α,β-unsaturated/α-hetero) is 1. The fourth-order valence-corrected chi connectivity index (χ4v) is 3.66. The van der Waals surface area contributed by atoms with E-state index in [9.17, 15) is 19.6 Å². The van der Waals surface area contributed by atoms with Gasteiger partial charge in [0.2, 0.25) is 11.7 Å². The summed E-state index contributed by atoms with van der Waals surface area (Å²) in [7, 11) is 1.65. The summed E-state index contributed by atoms with van der Waals surface area (Å²) in [4.78, 5) is 45.8. The van der Waals surface area contributed by atoms with Gasteiger partial charge in [0.15, 0.2) is 5.82 Å². The Morgan fingerprint density at radius 2 is 2.06 bits per heavy atom. The first kappa shape index (κ1) is 21.0. The summed E-state index contributed by atoms with van der Waals surface area (Å²) in [5.74, 6) is -0.685. The van der Waals surface area contributed by atoms with Crippen molar-refractivity contribution in [1.82, 2.24) is 20.2 Å². The van der Waals surface area contributed by atoms with E-state index in [0.717, 1.165) is 11.1 Å². The van der Waals surface area contributed by atoms with Crippen molar-refractivity contribution in [2.45, 2.75) is 25.9 Å². The van der Waals surface area contributed by atoms with Crippen LogP contribution < -0.4 is 10.6 Å². The molecule has 0 saturated carbocycles. The average molecular weight is 434 g/mol. The minimum absolute atomic E-state index is 0.0820. The van der Waals surface area contributed by atoms with E-state index in [2.05, 4.69) is 25.8 Å². The van der Waals surface area contributed by atoms with Crippen LogP contribution in [0.1, 0.15) is 35.1 Å². The number of likely N-dealkylation sites (N-methyl/N-ethyl adjacent to an activating group) is 1. The molecule has 10 nitrogen and oxygen atoms in total. The van der Waals surface area contributed by atoms with Crippen LogP contribution >= 0.6 is 0 Å². The van der Waals surface area contributed by atoms with Gasteiger partial charge in [-0.1, -0.05) is 17.3 Å². The van der Waals surface area contributed by atoms with E-state index in [4.69, 9.17) is 0 Å². The van der Waals surface area contributed by atoms with Crippen molar-refractivity contribution in [3.05, 3.63) is 59.4 Å². The number of hydrogen-bond donors (Lipinski definition) is 4. The molecule has 164 valence electrons. The van der Waals surface area contributed by atoms with Crippen molar-refractivity contribution in [3.8, 4) is 0 Å². The number of ketones is 1. The molecule has 3 aromatic rings. The van der Waals surface area contributed by atoms with E-state index in [1.807, 2.05) is 18.2 Å². The SMILES string of the molecule is CC(=O)C[C@@H]1Nc2ccc(C(=O)N/C(=N/O)c3nc4ccccc4[nH]3)cc2CN(C)C1=O. The van der Waals surface area contributed by atoms with Crippen LogP contribution in [0.5, 0.6) is 0 Å². The lowest BCUT2D eigenvalue weighted by Gasteiger charge is -2.19. The zero-order valence-corrected chi connectivity index (χ0v) is 17.5. The first-order valence-corrected chi connectivity index (χ1v) is 9.98. The van der Waals surface area contributed by atoms with E-state index in [1.165, 1.54) is 11.8 Å². The Morgan fingerprint density at radius 3 is 2.78 bits per heavy atom. The Balaban J connectivity index is 1.56. The third-order valence-electron chi connectivity index (χ3n) is 5.22. The lowest BCUT2D eigenvalue weighted by Crippen LogP contribution is -2.39. The van der Waals surface area contributed by atoms with Gasteiger partial charge in [0.1, 0.15) is 11.8 Å². The molecule has 1 aromatic heterocycles. The second kappa shape index (κ2) is 8.50. The van der Waals surface area contributed by atoms with Gasteiger partial charge in [-0.25, -0.2) is 4.98 Å². The quantitative estimate of drug-likeness (QED) is 0.214. The predicted molar refractivity (Wildman–Crippen MR) is 118 cm³/mol. The van der Waals surface area contributed by atoms with Crippen molar-refractivity contribution in [2.24, 2.45) is 5.16 Å². The number of hydrogen-bond acceptors (Lipinski definition) is 7. The number of carbonyl (C=O) groups excluding carboxylic acids is 3. The number of nitrogens with zero attached hydrogens (tertiary/aromatic N) is 3. The standard InChI is InChI=1S/C22H22N6O4/c1-12(29)9-18-22(31)28(2)11-14-10-13(7-8-15(14)23-18)21(30)26-20(27-32)19-24-16-5-3-4-6-17(16)25-19/h3-8,10,18,23,32H,9,11H2,1-2H3,(H,24,25)(H,26,27,30)/t18-/m0/s1. The molecule has 32 heavy (non-hydrogen) atoms. The maximum absolute atomic E-state index is 12.8. The number of aromatic nitrogens is 2. The number of nitrogens with one attached hydrogen (secondary N) is 3. The van der Waals surface area contributed by atoms with E-state index < -0.39 is 11.9 Å². The molecule has 1 aliphatic heterocycles. The van der Waals surface area contributed by atoms with Crippen LogP contribution in [0.25, 0.3) is 11.0 Å². The summed E-state index contributed by atoms with van der Waals surface area (Å²) in [6.45, 7) is 1.72. The van der Waals surface area contributed by atoms with Crippen LogP contribution in [0.4, 0.5) is 5.69 Å². The number of anilines is 1. The second-order valence-corrected chi connectivity index (χ2v) is 7.67. The summed E-state index contributed by atoms with van der Waals surface area (Å²) in [5, 5.41) is 18.3. The molecule has 4 rings (SSSR count). The number of aromatic amines is 1. The Hall–Kier alpha value is -4.21. The van der Waals surface area contributed by atoms with Crippen LogP contribution in [0.2, 0.25) is 0 Å². The fourth-order valence-electron chi connectivity index (χ4n) is 3.66. The molecular formula is C22H22N6O4. The van der Waals surface area contributed by atoms with Crippen LogP contribution in [-0.2, 0) is 16.1 Å². The second-order valence-electron chi connectivity index (χ2n) is 7.67. The third-order valence-corrected chi connectivity index (χ3v) is 5.22. The molecule has 2 heterocycles. The van der Waals surface area contributed by atoms with Gasteiger partial charge in [0.05, 0.1) is 11.0 Å². The number of para-hydroxylation sites is 2. The Kier molecular flexibility index (Phi) is 5.59. The first-order chi connectivity index (χ1) is 15.4. The molecule has 0 unspecified atom stereocenters. The highest BCUT2D eigenvalue weighted by molar-refractivity contribution is 6.12. The molecule has 1 aliphatic rings. The van der Waals surface area contributed by atoms with Crippen molar-refractivity contribution < 1.29 is 19.6 Å². The van der Waals surface area contributed by atoms with Gasteiger partial charge >= 0.3 is 0 Å². The number of imidazole rings is 1. The highest BCUT2D eigenvalue weighted by Crippen LogP contribution is 2.25. The number of H-pyrrole nitrogens is 1. The van der Waals surface area contributed by atoms with E-state index >= 15 is 0 Å². The Bertz CT molecular complexity index is 1220. The normalized spacial score (nSPS) is 16.3. The monoisotopic (exact) mass is 434 g/mol. The minimum atomic E-state index is -0.653. The van der Waals surface area contributed by atoms with Gasteiger partial charge in [0, 0.05) is 31.3 Å². The molecule has 0 aliphatic carbocycles. The topological polar surface area (TPSA) is 140 Å². The average Bonchev–Trinajstić information content (AvgIpc) is 3.16. The molecular weight excluding hydrogens is 412 g/mol. The number of fused-ring (bicyclic) bond motifs is 2. The van der Waals surface area contributed by atoms with Gasteiger partial charge < -0.3 is 25.7 Å². The molecule has 2 amide bonds. The van der Waals surface area contributed by atoms with Crippen molar-refractivity contribution in [3.63, 3.8) is 0 Å². The number of amides is 2. The van der Waals surface area contributed by atoms with Crippen LogP contribution in [0, 0.1) is 0 Å². The van der Waals surface area contributed by atoms with Crippen molar-refractivity contribution >= 4 is 40.2 Å². The summed E-state index contributed by atoms with van der Waals surface area (Å²) >= 11 is 0. The number of carbonyl (C=O) groups is 3. The molecule has 10 heteroatoms. The molecule has 0 bridgehead atoms. The molecule has 1 atom stereocenters. The zero-order valence-electron chi connectivity index (χ0n) is 17.5. The Morgan fingerprint density at radius 1 is 1.28 bits per heavy atom. The first-order valence-electron chi connectivity index (χ1n) is 9.98. The summed E-state index contributed by atoms with van der Waals surface area (Å²) < 4.78 is 0. The molecule has 0 spiro atoms. The van der Waals surface area contributed by atoms with Crippen LogP contribution in [0.3, 0.4) is 0 Å². The smallest absolute Gasteiger partial charge is 0.257 e. The van der Waals surface area contributed by atoms with Gasteiger partial charge in [-0.05, 0) is 42.8 Å².